The molecular weight excluding hydrogens is 594 g/mol. The van der Waals surface area contributed by atoms with Crippen LogP contribution >= 0.6 is 22.9 Å². The van der Waals surface area contributed by atoms with Crippen molar-refractivity contribution in [3.05, 3.63) is 137 Å². The third-order valence-corrected chi connectivity index (χ3v) is 9.12. The number of thiazole rings is 1. The highest BCUT2D eigenvalue weighted by atomic mass is 35.5. The molecule has 1 aliphatic rings. The maximum absolute atomic E-state index is 14.1. The number of aryl methyl sites for hydroxylation is 1. The average Bonchev–Trinajstić information content (AvgIpc) is 3.49. The molecule has 5 aromatic rings. The number of rotatable bonds is 6. The Bertz CT molecular complexity index is 2120. The van der Waals surface area contributed by atoms with E-state index in [0.717, 1.165) is 33.8 Å². The van der Waals surface area contributed by atoms with Crippen molar-refractivity contribution in [3.8, 4) is 22.6 Å². The first-order valence-corrected chi connectivity index (χ1v) is 15.2. The molecule has 0 bridgehead atoms. The van der Waals surface area contributed by atoms with Crippen LogP contribution in [0.5, 0.6) is 5.75 Å². The highest BCUT2D eigenvalue weighted by molar-refractivity contribution is 7.07. The summed E-state index contributed by atoms with van der Waals surface area (Å²) in [6.45, 7) is 5.83. The van der Waals surface area contributed by atoms with Gasteiger partial charge < -0.3 is 14.0 Å². The monoisotopic (exact) mass is 623 g/mol. The summed E-state index contributed by atoms with van der Waals surface area (Å²) in [6.07, 6.45) is 1.89. The number of allylic oxidation sites excluding steroid dienone is 1. The Hall–Kier alpha value is -4.66. The number of nitrogens with zero attached hydrogens (tertiary/aromatic N) is 3. The topological polar surface area (TPSA) is 74.8 Å². The van der Waals surface area contributed by atoms with Gasteiger partial charge in [0.2, 0.25) is 0 Å². The van der Waals surface area contributed by atoms with E-state index in [-0.39, 0.29) is 11.1 Å². The van der Waals surface area contributed by atoms with E-state index in [4.69, 9.17) is 21.1 Å². The maximum atomic E-state index is 14.1. The lowest BCUT2D eigenvalue weighted by Gasteiger charge is -2.25. The number of halogens is 1. The standard InChI is InChI=1S/C35H30ClN3O4S/c1-20-17-25(22(3)38(20)27-14-11-24(12-15-27)23-9-7-6-8-10-23)18-30-33(40)39-32(28-19-26(36)13-16-29(28)42-4)31(34(41)43-5)21(2)37-35(39)44-30/h6-19,32H,1-5H3/b30-18-/t32-/m0/s1. The second-order valence-corrected chi connectivity index (χ2v) is 12.0. The fourth-order valence-electron chi connectivity index (χ4n) is 5.81. The number of esters is 1. The van der Waals surface area contributed by atoms with Crippen molar-refractivity contribution in [2.24, 2.45) is 4.99 Å². The molecule has 2 aromatic heterocycles. The SMILES string of the molecule is COC(=O)C1=C(C)N=c2s/c(=C\c3cc(C)n(-c4ccc(-c5ccccc5)cc4)c3C)c(=O)n2[C@H]1c1cc(Cl)ccc1OC. The van der Waals surface area contributed by atoms with E-state index >= 15 is 0 Å². The van der Waals surface area contributed by atoms with Crippen LogP contribution in [0, 0.1) is 13.8 Å². The van der Waals surface area contributed by atoms with Crippen LogP contribution in [0.25, 0.3) is 22.9 Å². The summed E-state index contributed by atoms with van der Waals surface area (Å²) >= 11 is 7.67. The van der Waals surface area contributed by atoms with Crippen LogP contribution in [0.3, 0.4) is 0 Å². The van der Waals surface area contributed by atoms with Crippen molar-refractivity contribution in [3.63, 3.8) is 0 Å². The molecule has 1 aliphatic heterocycles. The van der Waals surface area contributed by atoms with E-state index in [1.165, 1.54) is 30.1 Å². The predicted molar refractivity (Wildman–Crippen MR) is 174 cm³/mol. The van der Waals surface area contributed by atoms with Crippen molar-refractivity contribution < 1.29 is 14.3 Å². The highest BCUT2D eigenvalue weighted by Gasteiger charge is 2.35. The van der Waals surface area contributed by atoms with Crippen LogP contribution in [0.2, 0.25) is 5.02 Å². The molecule has 0 spiro atoms. The molecule has 9 heteroatoms. The molecular formula is C35H30ClN3O4S. The van der Waals surface area contributed by atoms with Crippen LogP contribution in [0.1, 0.15) is 35.5 Å². The fourth-order valence-corrected chi connectivity index (χ4v) is 7.03. The molecule has 7 nitrogen and oxygen atoms in total. The van der Waals surface area contributed by atoms with Crippen molar-refractivity contribution in [2.45, 2.75) is 26.8 Å². The van der Waals surface area contributed by atoms with Crippen LogP contribution in [-0.2, 0) is 9.53 Å². The van der Waals surface area contributed by atoms with Gasteiger partial charge in [-0.1, -0.05) is 65.4 Å². The molecule has 0 saturated carbocycles. The molecule has 44 heavy (non-hydrogen) atoms. The quantitative estimate of drug-likeness (QED) is 0.213. The number of carbonyl (C=O) groups excluding carboxylic acids is 1. The van der Waals surface area contributed by atoms with Gasteiger partial charge in [0.25, 0.3) is 5.56 Å². The summed E-state index contributed by atoms with van der Waals surface area (Å²) in [5.41, 5.74) is 7.32. The third kappa shape index (κ3) is 5.10. The van der Waals surface area contributed by atoms with Gasteiger partial charge in [-0.2, -0.15) is 0 Å². The van der Waals surface area contributed by atoms with E-state index < -0.39 is 12.0 Å². The first-order valence-electron chi connectivity index (χ1n) is 14.0. The Morgan fingerprint density at radius 1 is 0.955 bits per heavy atom. The molecule has 0 radical (unpaired) electrons. The first-order chi connectivity index (χ1) is 21.2. The summed E-state index contributed by atoms with van der Waals surface area (Å²) in [7, 11) is 2.85. The largest absolute Gasteiger partial charge is 0.496 e. The number of aromatic nitrogens is 2. The van der Waals surface area contributed by atoms with Gasteiger partial charge in [-0.3, -0.25) is 9.36 Å². The summed E-state index contributed by atoms with van der Waals surface area (Å²) in [6, 6.07) is 25.1. The second-order valence-electron chi connectivity index (χ2n) is 10.5. The van der Waals surface area contributed by atoms with Crippen LogP contribution in [-0.4, -0.2) is 29.3 Å². The molecule has 0 aliphatic carbocycles. The number of carbonyl (C=O) groups is 1. The minimum absolute atomic E-state index is 0.254. The number of hydrogen-bond donors (Lipinski definition) is 0. The van der Waals surface area contributed by atoms with Gasteiger partial charge in [-0.05, 0) is 79.9 Å². The van der Waals surface area contributed by atoms with Crippen molar-refractivity contribution in [2.75, 3.05) is 14.2 Å². The van der Waals surface area contributed by atoms with Gasteiger partial charge in [0.1, 0.15) is 11.8 Å². The van der Waals surface area contributed by atoms with Crippen molar-refractivity contribution in [1.29, 1.82) is 0 Å². The van der Waals surface area contributed by atoms with Gasteiger partial charge in [-0.15, -0.1) is 0 Å². The Balaban J connectivity index is 1.47. The zero-order valence-corrected chi connectivity index (χ0v) is 26.5. The zero-order valence-electron chi connectivity index (χ0n) is 24.9. The molecule has 1 atom stereocenters. The number of hydrogen-bond acceptors (Lipinski definition) is 6. The Kier molecular flexibility index (Phi) is 7.88. The van der Waals surface area contributed by atoms with Gasteiger partial charge >= 0.3 is 5.97 Å². The molecule has 222 valence electrons. The summed E-state index contributed by atoms with van der Waals surface area (Å²) in [5.74, 6) is -0.0821. The Morgan fingerprint density at radius 2 is 1.66 bits per heavy atom. The van der Waals surface area contributed by atoms with E-state index in [0.29, 0.717) is 31.4 Å². The summed E-state index contributed by atoms with van der Waals surface area (Å²) in [5, 5.41) is 0.450. The number of fused-ring (bicyclic) bond motifs is 1. The van der Waals surface area contributed by atoms with Gasteiger partial charge in [0.05, 0.1) is 30.0 Å². The first kappa shape index (κ1) is 29.4. The van der Waals surface area contributed by atoms with Crippen molar-refractivity contribution >= 4 is 35.0 Å². The molecule has 0 saturated heterocycles. The number of benzene rings is 3. The molecule has 0 amide bonds. The highest BCUT2D eigenvalue weighted by Crippen LogP contribution is 2.37. The molecule has 0 unspecified atom stereocenters. The smallest absolute Gasteiger partial charge is 0.338 e. The normalized spacial score (nSPS) is 14.8. The molecule has 3 heterocycles. The molecule has 0 fully saturated rings. The zero-order chi connectivity index (χ0) is 31.1. The van der Waals surface area contributed by atoms with Crippen LogP contribution < -0.4 is 19.6 Å². The lowest BCUT2D eigenvalue weighted by Crippen LogP contribution is -2.40. The lowest BCUT2D eigenvalue weighted by molar-refractivity contribution is -0.136. The summed E-state index contributed by atoms with van der Waals surface area (Å²) < 4.78 is 15.0. The van der Waals surface area contributed by atoms with Gasteiger partial charge in [0, 0.05) is 27.7 Å². The molecule has 3 aromatic carbocycles. The maximum Gasteiger partial charge on any atom is 0.338 e. The average molecular weight is 624 g/mol. The minimum atomic E-state index is -0.829. The van der Waals surface area contributed by atoms with E-state index in [9.17, 15) is 9.59 Å². The molecule has 6 rings (SSSR count). The number of ether oxygens (including phenoxy) is 2. The summed E-state index contributed by atoms with van der Waals surface area (Å²) in [4.78, 5) is 32.3. The lowest BCUT2D eigenvalue weighted by atomic mass is 9.95. The van der Waals surface area contributed by atoms with E-state index in [1.807, 2.05) is 31.2 Å². The van der Waals surface area contributed by atoms with Gasteiger partial charge in [0.15, 0.2) is 4.80 Å². The van der Waals surface area contributed by atoms with Crippen LogP contribution in [0.15, 0.2) is 99.9 Å². The van der Waals surface area contributed by atoms with Crippen molar-refractivity contribution in [1.82, 2.24) is 9.13 Å². The third-order valence-electron chi connectivity index (χ3n) is 7.90. The number of methoxy groups -OCH3 is 2. The Morgan fingerprint density at radius 3 is 2.34 bits per heavy atom. The Labute approximate surface area is 263 Å². The van der Waals surface area contributed by atoms with Gasteiger partial charge in [-0.25, -0.2) is 9.79 Å². The van der Waals surface area contributed by atoms with Crippen LogP contribution in [0.4, 0.5) is 0 Å². The second kappa shape index (κ2) is 11.8. The molecule has 0 N–H and O–H groups in total. The van der Waals surface area contributed by atoms with E-state index in [2.05, 4.69) is 58.9 Å². The predicted octanol–water partition coefficient (Wildman–Crippen LogP) is 6.14. The minimum Gasteiger partial charge on any atom is -0.496 e. The van der Waals surface area contributed by atoms with E-state index in [1.54, 1.807) is 25.1 Å². The fraction of sp³-hybridized carbons (Fsp3) is 0.171.